The van der Waals surface area contributed by atoms with Gasteiger partial charge in [-0.25, -0.2) is 11.4 Å². The largest absolute Gasteiger partial charge is 0.445 e. The van der Waals surface area contributed by atoms with Crippen molar-refractivity contribution in [1.82, 2.24) is 9.80 Å². The molecule has 1 spiro atoms. The number of anilines is 1. The lowest BCUT2D eigenvalue weighted by Crippen LogP contribution is -2.51. The molecule has 0 bridgehead atoms. The summed E-state index contributed by atoms with van der Waals surface area (Å²) in [5, 5.41) is 2.91. The van der Waals surface area contributed by atoms with E-state index in [1.165, 1.54) is 9.80 Å². The van der Waals surface area contributed by atoms with Gasteiger partial charge in [-0.15, -0.1) is 0 Å². The molecule has 188 valence electrons. The van der Waals surface area contributed by atoms with Gasteiger partial charge in [-0.2, -0.15) is 0 Å². The molecule has 8 nitrogen and oxygen atoms in total. The quantitative estimate of drug-likeness (QED) is 0.521. The molecule has 36 heavy (non-hydrogen) atoms. The van der Waals surface area contributed by atoms with E-state index in [9.17, 15) is 14.4 Å². The number of carbonyl (C=O) groups excluding carboxylic acids is 3. The molecule has 2 heterocycles. The van der Waals surface area contributed by atoms with Gasteiger partial charge in [0.15, 0.2) is 0 Å². The van der Waals surface area contributed by atoms with Crippen LogP contribution in [-0.2, 0) is 26.3 Å². The maximum atomic E-state index is 13.9. The van der Waals surface area contributed by atoms with Crippen molar-refractivity contribution in [2.45, 2.75) is 50.9 Å². The number of likely N-dealkylation sites (tertiary alicyclic amines) is 1. The predicted molar refractivity (Wildman–Crippen MR) is 139 cm³/mol. The number of carbonyl (C=O) groups is 3. The molecule has 1 fully saturated rings. The second-order valence-electron chi connectivity index (χ2n) is 9.80. The highest BCUT2D eigenvalue weighted by molar-refractivity contribution is 9.10. The van der Waals surface area contributed by atoms with E-state index in [0.29, 0.717) is 12.1 Å². The van der Waals surface area contributed by atoms with Crippen molar-refractivity contribution in [3.05, 3.63) is 75.5 Å². The normalized spacial score (nSPS) is 21.2. The molecular formula is C27H29BrN4O4. The lowest BCUT2D eigenvalue weighted by molar-refractivity contribution is -0.137. The third kappa shape index (κ3) is 4.82. The van der Waals surface area contributed by atoms with E-state index >= 15 is 0 Å². The second kappa shape index (κ2) is 10.3. The van der Waals surface area contributed by atoms with Crippen LogP contribution in [0.25, 0.3) is 4.85 Å². The third-order valence-corrected chi connectivity index (χ3v) is 7.38. The van der Waals surface area contributed by atoms with Crippen molar-refractivity contribution in [2.75, 3.05) is 18.9 Å². The molecule has 0 saturated carbocycles. The van der Waals surface area contributed by atoms with Crippen molar-refractivity contribution < 1.29 is 19.1 Å². The first-order valence-electron chi connectivity index (χ1n) is 11.9. The van der Waals surface area contributed by atoms with E-state index in [-0.39, 0.29) is 37.3 Å². The van der Waals surface area contributed by atoms with Crippen molar-refractivity contribution in [3.63, 3.8) is 0 Å². The van der Waals surface area contributed by atoms with Crippen LogP contribution < -0.4 is 5.32 Å². The van der Waals surface area contributed by atoms with Gasteiger partial charge in [0.05, 0.1) is 6.42 Å². The number of rotatable bonds is 6. The molecule has 2 aromatic rings. The third-order valence-electron chi connectivity index (χ3n) is 6.88. The minimum Gasteiger partial charge on any atom is -0.445 e. The molecule has 2 aliphatic heterocycles. The summed E-state index contributed by atoms with van der Waals surface area (Å²) in [4.78, 5) is 46.5. The molecule has 0 radical (unpaired) electrons. The zero-order valence-corrected chi connectivity index (χ0v) is 22.1. The fourth-order valence-corrected chi connectivity index (χ4v) is 5.34. The molecule has 2 aromatic carbocycles. The van der Waals surface area contributed by atoms with Crippen LogP contribution in [0.1, 0.15) is 37.8 Å². The van der Waals surface area contributed by atoms with E-state index in [0.717, 1.165) is 15.6 Å². The number of ether oxygens (including phenoxy) is 1. The van der Waals surface area contributed by atoms with Crippen molar-refractivity contribution in [2.24, 2.45) is 5.92 Å². The van der Waals surface area contributed by atoms with Gasteiger partial charge in [0, 0.05) is 23.8 Å². The summed E-state index contributed by atoms with van der Waals surface area (Å²) in [5.41, 5.74) is 1.32. The van der Waals surface area contributed by atoms with Gasteiger partial charge >= 0.3 is 12.3 Å². The molecule has 0 unspecified atom stereocenters. The van der Waals surface area contributed by atoms with Gasteiger partial charge < -0.3 is 10.1 Å². The Hall–Kier alpha value is -3.38. The van der Waals surface area contributed by atoms with Crippen LogP contribution in [0.15, 0.2) is 53.0 Å². The molecule has 0 aromatic heterocycles. The predicted octanol–water partition coefficient (Wildman–Crippen LogP) is 4.80. The molecule has 3 atom stereocenters. The van der Waals surface area contributed by atoms with Gasteiger partial charge in [-0.05, 0) is 41.7 Å². The number of hydrogen-bond acceptors (Lipinski definition) is 4. The van der Waals surface area contributed by atoms with Crippen molar-refractivity contribution in [1.29, 1.82) is 0 Å². The summed E-state index contributed by atoms with van der Waals surface area (Å²) in [6.07, 6.45) is -0.817. The van der Waals surface area contributed by atoms with Crippen LogP contribution in [0, 0.1) is 12.5 Å². The second-order valence-corrected chi connectivity index (χ2v) is 10.7. The van der Waals surface area contributed by atoms with Gasteiger partial charge in [0.25, 0.3) is 5.91 Å². The molecule has 3 amide bonds. The Bertz CT molecular complexity index is 1210. The van der Waals surface area contributed by atoms with Gasteiger partial charge in [0.1, 0.15) is 18.1 Å². The minimum absolute atomic E-state index is 0.0790. The number of benzene rings is 2. The molecule has 2 aliphatic rings. The Morgan fingerprint density at radius 1 is 1.28 bits per heavy atom. The van der Waals surface area contributed by atoms with E-state index in [1.54, 1.807) is 7.05 Å². The van der Waals surface area contributed by atoms with E-state index in [2.05, 4.69) is 26.1 Å². The van der Waals surface area contributed by atoms with E-state index in [1.807, 2.05) is 62.4 Å². The Labute approximate surface area is 219 Å². The highest BCUT2D eigenvalue weighted by Crippen LogP contribution is 2.47. The first-order valence-corrected chi connectivity index (χ1v) is 12.7. The monoisotopic (exact) mass is 552 g/mol. The molecular weight excluding hydrogens is 524 g/mol. The van der Waals surface area contributed by atoms with Crippen molar-refractivity contribution >= 4 is 39.5 Å². The van der Waals surface area contributed by atoms with Crippen LogP contribution in [-0.4, -0.2) is 53.5 Å². The lowest BCUT2D eigenvalue weighted by atomic mass is 9.80. The highest BCUT2D eigenvalue weighted by atomic mass is 79.9. The van der Waals surface area contributed by atoms with Crippen LogP contribution in [0.5, 0.6) is 0 Å². The number of hydrogen-bond donors (Lipinski definition) is 1. The molecule has 0 aliphatic carbocycles. The average Bonchev–Trinajstić information content (AvgIpc) is 3.39. The van der Waals surface area contributed by atoms with Gasteiger partial charge in [-0.1, -0.05) is 60.1 Å². The first kappa shape index (κ1) is 25.7. The van der Waals surface area contributed by atoms with E-state index < -0.39 is 23.7 Å². The molecule has 9 heteroatoms. The zero-order valence-electron chi connectivity index (χ0n) is 20.5. The number of halogens is 1. The topological polar surface area (TPSA) is 83.3 Å². The number of nitrogens with one attached hydrogen (secondary N) is 1. The maximum Gasteiger partial charge on any atom is 0.410 e. The van der Waals surface area contributed by atoms with Crippen LogP contribution in [0.3, 0.4) is 0 Å². The summed E-state index contributed by atoms with van der Waals surface area (Å²) < 4.78 is 6.29. The average molecular weight is 553 g/mol. The Balaban J connectivity index is 1.57. The van der Waals surface area contributed by atoms with Gasteiger partial charge in [-0.3, -0.25) is 24.2 Å². The maximum absolute atomic E-state index is 13.9. The summed E-state index contributed by atoms with van der Waals surface area (Å²) >= 11 is 3.47. The minimum atomic E-state index is -1.00. The fourth-order valence-electron chi connectivity index (χ4n) is 4.98. The molecule has 1 saturated heterocycles. The highest BCUT2D eigenvalue weighted by Gasteiger charge is 2.59. The summed E-state index contributed by atoms with van der Waals surface area (Å²) in [7, 11) is 1.55. The SMILES string of the molecule is [C-]#[N+][C@@H]1C[C@@]2(CN1C(=O)[C@H](CC(C)C)N(C)C(=O)OCc1ccccc1)C(=O)Nc1ccc(Br)cc12. The van der Waals surface area contributed by atoms with Crippen molar-refractivity contribution in [3.8, 4) is 0 Å². The summed E-state index contributed by atoms with van der Waals surface area (Å²) in [6.45, 7) is 11.9. The smallest absolute Gasteiger partial charge is 0.410 e. The Morgan fingerprint density at radius 2 is 2.00 bits per heavy atom. The molecule has 4 rings (SSSR count). The summed E-state index contributed by atoms with van der Waals surface area (Å²) in [6, 6.07) is 14.0. The van der Waals surface area contributed by atoms with Gasteiger partial charge in [0.2, 0.25) is 5.91 Å². The summed E-state index contributed by atoms with van der Waals surface area (Å²) in [5.74, 6) is -0.453. The van der Waals surface area contributed by atoms with Crippen LogP contribution in [0.2, 0.25) is 0 Å². The number of likely N-dealkylation sites (N-methyl/N-ethyl adjacent to an activating group) is 1. The first-order chi connectivity index (χ1) is 17.2. The van der Waals surface area contributed by atoms with E-state index in [4.69, 9.17) is 11.3 Å². The Morgan fingerprint density at radius 3 is 2.67 bits per heavy atom. The Kier molecular flexibility index (Phi) is 7.36. The van der Waals surface area contributed by atoms with Crippen LogP contribution in [0.4, 0.5) is 10.5 Å². The lowest BCUT2D eigenvalue weighted by Gasteiger charge is -2.31. The van der Waals surface area contributed by atoms with Crippen LogP contribution >= 0.6 is 15.9 Å². The standard InChI is InChI=1S/C27H29BrN4O4/c1-17(2)12-22(31(4)26(35)36-15-18-8-6-5-7-9-18)24(33)32-16-27(14-23(32)29-3)20-13-19(28)10-11-21(20)30-25(27)34/h5-11,13,17,22-23H,12,14-16H2,1-2,4H3,(H,30,34)/t22-,23-,27-/m0/s1. The number of fused-ring (bicyclic) bond motifs is 2. The zero-order chi connectivity index (χ0) is 26.0. The molecule has 1 N–H and O–H groups in total. The fraction of sp³-hybridized carbons (Fsp3) is 0.407. The number of nitrogens with zero attached hydrogens (tertiary/aromatic N) is 3. The number of amides is 3.